The van der Waals surface area contributed by atoms with Gasteiger partial charge in [0, 0.05) is 30.1 Å². The number of aryl methyl sites for hydroxylation is 1. The molecule has 0 saturated heterocycles. The van der Waals surface area contributed by atoms with Crippen LogP contribution in [0, 0.1) is 45.8 Å². The summed E-state index contributed by atoms with van der Waals surface area (Å²) in [6, 6.07) is 5.97. The molecular formula is C49H72O6. The van der Waals surface area contributed by atoms with E-state index in [0.717, 1.165) is 76.5 Å². The van der Waals surface area contributed by atoms with E-state index in [9.17, 15) is 19.5 Å². The van der Waals surface area contributed by atoms with Gasteiger partial charge in [0.1, 0.15) is 18.0 Å². The molecule has 0 heterocycles. The zero-order valence-electron chi connectivity index (χ0n) is 35.0. The number of ketones is 1. The van der Waals surface area contributed by atoms with Crippen LogP contribution in [0.2, 0.25) is 0 Å². The van der Waals surface area contributed by atoms with E-state index in [2.05, 4.69) is 40.7 Å². The number of esters is 2. The van der Waals surface area contributed by atoms with Gasteiger partial charge in [0.2, 0.25) is 0 Å². The lowest BCUT2D eigenvalue weighted by atomic mass is 9.47. The highest BCUT2D eigenvalue weighted by Gasteiger charge is 2.60. The largest absolute Gasteiger partial charge is 0.508 e. The zero-order valence-corrected chi connectivity index (χ0v) is 35.0. The molecule has 6 heteroatoms. The summed E-state index contributed by atoms with van der Waals surface area (Å²) in [6.07, 6.45) is 25.4. The molecule has 7 aliphatic rings. The van der Waals surface area contributed by atoms with Crippen molar-refractivity contribution in [1.82, 2.24) is 0 Å². The third-order valence-electron chi connectivity index (χ3n) is 17.0. The van der Waals surface area contributed by atoms with Gasteiger partial charge in [0.15, 0.2) is 5.78 Å². The Morgan fingerprint density at radius 1 is 0.691 bits per heavy atom. The number of phenols is 1. The molecule has 6 nitrogen and oxygen atoms in total. The Labute approximate surface area is 332 Å². The number of aromatic hydroxyl groups is 1. The molecule has 0 aliphatic heterocycles. The second kappa shape index (κ2) is 16.7. The van der Waals surface area contributed by atoms with Gasteiger partial charge < -0.3 is 14.6 Å². The Hall–Kier alpha value is -2.63. The quantitative estimate of drug-likeness (QED) is 0.189. The number of fused-ring (bicyclic) bond motifs is 10. The Morgan fingerprint density at radius 2 is 1.33 bits per heavy atom. The van der Waals surface area contributed by atoms with E-state index in [1.807, 2.05) is 18.2 Å². The van der Waals surface area contributed by atoms with Crippen LogP contribution in [0.5, 0.6) is 5.75 Å². The molecule has 1 aromatic rings. The number of carbonyl (C=O) groups excluding carboxylic acids is 3. The predicted octanol–water partition coefficient (Wildman–Crippen LogP) is 11.8. The summed E-state index contributed by atoms with van der Waals surface area (Å²) in [6.45, 7) is 11.5. The highest BCUT2D eigenvalue weighted by Crippen LogP contribution is 2.66. The molecule has 3 unspecified atom stereocenters. The number of carbonyl (C=O) groups is 3. The van der Waals surface area contributed by atoms with E-state index >= 15 is 0 Å². The summed E-state index contributed by atoms with van der Waals surface area (Å²) in [5.41, 5.74) is 4.78. The van der Waals surface area contributed by atoms with E-state index < -0.39 is 0 Å². The number of unbranched alkanes of at least 4 members (excludes halogenated alkanes) is 4. The molecular weight excluding hydrogens is 685 g/mol. The van der Waals surface area contributed by atoms with E-state index in [1.165, 1.54) is 74.5 Å². The highest BCUT2D eigenvalue weighted by molar-refractivity contribution is 5.91. The van der Waals surface area contributed by atoms with Gasteiger partial charge in [-0.15, -0.1) is 0 Å². The average molecular weight is 757 g/mol. The van der Waals surface area contributed by atoms with Gasteiger partial charge in [-0.3, -0.25) is 14.4 Å². The third kappa shape index (κ3) is 7.84. The first-order valence-corrected chi connectivity index (χ1v) is 22.9. The van der Waals surface area contributed by atoms with Crippen LogP contribution in [-0.4, -0.2) is 35.0 Å². The Morgan fingerprint density at radius 3 is 2.02 bits per heavy atom. The monoisotopic (exact) mass is 757 g/mol. The van der Waals surface area contributed by atoms with Crippen molar-refractivity contribution in [1.29, 1.82) is 0 Å². The molecule has 5 saturated carbocycles. The second-order valence-corrected chi connectivity index (χ2v) is 19.9. The lowest BCUT2D eigenvalue weighted by Crippen LogP contribution is -2.51. The minimum absolute atomic E-state index is 0.00492. The summed E-state index contributed by atoms with van der Waals surface area (Å²) in [7, 11) is 0. The summed E-state index contributed by atoms with van der Waals surface area (Å²) in [4.78, 5) is 36.7. The fourth-order valence-electron chi connectivity index (χ4n) is 13.9. The van der Waals surface area contributed by atoms with Crippen LogP contribution < -0.4 is 0 Å². The SMILES string of the molecule is CCCCC(=O)O[C@H]1CCC2C3CCc4cc(O)ccc4C3CC[C@@]21C.CCCCCCC(=O)O[C@H]1CC[C@H]2[C@@H]3CCC4=CC(=O)CC[C@]4(C)[C@H]3CC[C@]12C. The van der Waals surface area contributed by atoms with Gasteiger partial charge in [0.25, 0.3) is 0 Å². The Balaban J connectivity index is 0.000000170. The Bertz CT molecular complexity index is 1590. The standard InChI is InChI=1S/C26H40O3.C23H32O3/c1-4-5-6-7-8-24(28)29-23-12-11-21-20-10-9-18-17-19(27)13-15-25(18,2)22(20)14-16-26(21,23)3;1-3-4-5-22(25)26-21-11-10-20-19-8-6-15-14-16(24)7-9-17(15)18(19)12-13-23(20,21)2/h17,20-23H,4-16H2,1-3H3;7,9,14,18-21,24H,3-6,8,10-13H2,1-2H3/t20-,21-,22-,23-,25-,26-;18?,19?,20?,21-,23-/m00/s1. The molecule has 0 spiro atoms. The smallest absolute Gasteiger partial charge is 0.306 e. The fraction of sp³-hybridized carbons (Fsp3) is 0.776. The number of phenolic OH excluding ortho intramolecular Hbond substituents is 1. The lowest BCUT2D eigenvalue weighted by molar-refractivity contribution is -0.160. The molecule has 1 N–H and O–H groups in total. The second-order valence-electron chi connectivity index (χ2n) is 19.9. The summed E-state index contributed by atoms with van der Waals surface area (Å²) in [5, 5.41) is 9.81. The molecule has 304 valence electrons. The minimum atomic E-state index is 0.00492. The van der Waals surface area contributed by atoms with Crippen LogP contribution >= 0.6 is 0 Å². The maximum atomic E-state index is 12.5. The molecule has 0 amide bonds. The predicted molar refractivity (Wildman–Crippen MR) is 217 cm³/mol. The van der Waals surface area contributed by atoms with E-state index in [0.29, 0.717) is 54.0 Å². The molecule has 0 radical (unpaired) electrons. The van der Waals surface area contributed by atoms with Crippen LogP contribution in [-0.2, 0) is 30.3 Å². The number of rotatable bonds is 10. The maximum Gasteiger partial charge on any atom is 0.306 e. The van der Waals surface area contributed by atoms with Crippen molar-refractivity contribution in [3.05, 3.63) is 41.0 Å². The van der Waals surface area contributed by atoms with E-state index in [-0.39, 0.29) is 40.4 Å². The van der Waals surface area contributed by atoms with Crippen LogP contribution in [0.25, 0.3) is 0 Å². The van der Waals surface area contributed by atoms with Gasteiger partial charge in [-0.2, -0.15) is 0 Å². The van der Waals surface area contributed by atoms with Crippen molar-refractivity contribution < 1.29 is 29.0 Å². The van der Waals surface area contributed by atoms with Gasteiger partial charge in [-0.25, -0.2) is 0 Å². The molecule has 7 aliphatic carbocycles. The summed E-state index contributed by atoms with van der Waals surface area (Å²) in [5.74, 6) is 4.85. The number of ether oxygens (including phenoxy) is 2. The van der Waals surface area contributed by atoms with Crippen molar-refractivity contribution in [3.8, 4) is 5.75 Å². The molecule has 0 bridgehead atoms. The van der Waals surface area contributed by atoms with Crippen molar-refractivity contribution in [2.75, 3.05) is 0 Å². The van der Waals surface area contributed by atoms with Crippen molar-refractivity contribution in [2.45, 2.75) is 194 Å². The molecule has 5 fully saturated rings. The van der Waals surface area contributed by atoms with Crippen molar-refractivity contribution in [3.63, 3.8) is 0 Å². The van der Waals surface area contributed by atoms with Gasteiger partial charge in [0.05, 0.1) is 0 Å². The maximum absolute atomic E-state index is 12.5. The zero-order chi connectivity index (χ0) is 39.0. The molecule has 55 heavy (non-hydrogen) atoms. The third-order valence-corrected chi connectivity index (χ3v) is 17.0. The van der Waals surface area contributed by atoms with Crippen molar-refractivity contribution >= 4 is 17.7 Å². The van der Waals surface area contributed by atoms with Crippen LogP contribution in [0.15, 0.2) is 29.8 Å². The Kier molecular flexibility index (Phi) is 12.3. The normalized spacial score (nSPS) is 38.4. The van der Waals surface area contributed by atoms with Crippen molar-refractivity contribution in [2.24, 2.45) is 45.8 Å². The lowest BCUT2D eigenvalue weighted by Gasteiger charge is -2.57. The average Bonchev–Trinajstić information content (AvgIpc) is 3.68. The number of hydrogen-bond donors (Lipinski definition) is 1. The first-order chi connectivity index (χ1) is 26.4. The molecule has 8 rings (SSSR count). The number of hydrogen-bond acceptors (Lipinski definition) is 6. The number of allylic oxidation sites excluding steroid dienone is 1. The minimum Gasteiger partial charge on any atom is -0.508 e. The fourth-order valence-corrected chi connectivity index (χ4v) is 13.9. The first-order valence-electron chi connectivity index (χ1n) is 22.9. The van der Waals surface area contributed by atoms with E-state index in [1.54, 1.807) is 0 Å². The summed E-state index contributed by atoms with van der Waals surface area (Å²) >= 11 is 0. The molecule has 0 aromatic heterocycles. The molecule has 1 aromatic carbocycles. The van der Waals surface area contributed by atoms with E-state index in [4.69, 9.17) is 9.47 Å². The van der Waals surface area contributed by atoms with Crippen LogP contribution in [0.1, 0.15) is 187 Å². The number of benzene rings is 1. The first kappa shape index (κ1) is 40.6. The molecule has 11 atom stereocenters. The van der Waals surface area contributed by atoms with Gasteiger partial charge in [-0.05, 0) is 167 Å². The van der Waals surface area contributed by atoms with Gasteiger partial charge in [-0.1, -0.05) is 71.9 Å². The van der Waals surface area contributed by atoms with Gasteiger partial charge >= 0.3 is 11.9 Å². The van der Waals surface area contributed by atoms with Crippen LogP contribution in [0.4, 0.5) is 0 Å². The topological polar surface area (TPSA) is 89.9 Å². The van der Waals surface area contributed by atoms with Crippen LogP contribution in [0.3, 0.4) is 0 Å². The summed E-state index contributed by atoms with van der Waals surface area (Å²) < 4.78 is 12.1. The highest BCUT2D eigenvalue weighted by atomic mass is 16.5.